The van der Waals surface area contributed by atoms with Crippen LogP contribution in [0, 0.1) is 0 Å². The van der Waals surface area contributed by atoms with E-state index in [1.165, 1.54) is 19.2 Å². The second-order valence-electron chi connectivity index (χ2n) is 6.12. The lowest BCUT2D eigenvalue weighted by Gasteiger charge is -2.13. The van der Waals surface area contributed by atoms with Gasteiger partial charge in [0, 0.05) is 14.1 Å². The van der Waals surface area contributed by atoms with Gasteiger partial charge < -0.3 is 5.73 Å². The second kappa shape index (κ2) is 7.96. The van der Waals surface area contributed by atoms with Crippen molar-refractivity contribution in [3.8, 4) is 0 Å². The summed E-state index contributed by atoms with van der Waals surface area (Å²) in [6.07, 6.45) is 2.55. The average molecular weight is 404 g/mol. The van der Waals surface area contributed by atoms with Gasteiger partial charge in [0.25, 0.3) is 5.56 Å². The normalized spacial score (nSPS) is 10.7. The predicted octanol–water partition coefficient (Wildman–Crippen LogP) is -2.59. The van der Waals surface area contributed by atoms with E-state index in [1.54, 1.807) is 0 Å². The zero-order valence-electron chi connectivity index (χ0n) is 16.0. The van der Waals surface area contributed by atoms with Crippen LogP contribution in [0.1, 0.15) is 10.4 Å². The Bertz CT molecular complexity index is 1270. The first kappa shape index (κ1) is 21.3. The summed E-state index contributed by atoms with van der Waals surface area (Å²) < 4.78 is 3.52. The molecule has 0 fully saturated rings. The van der Waals surface area contributed by atoms with Gasteiger partial charge in [-0.3, -0.25) is 18.7 Å². The van der Waals surface area contributed by atoms with Crippen LogP contribution in [0.2, 0.25) is 0 Å². The first-order valence-corrected chi connectivity index (χ1v) is 8.33. The van der Waals surface area contributed by atoms with Gasteiger partial charge in [-0.25, -0.2) is 32.9 Å². The lowest BCUT2D eigenvalue weighted by Crippen LogP contribution is -2.55. The summed E-state index contributed by atoms with van der Waals surface area (Å²) in [6, 6.07) is 0. The molecule has 0 aromatic carbocycles. The van der Waals surface area contributed by atoms with E-state index >= 15 is 0 Å². The minimum Gasteiger partial charge on any atom is -0.384 e. The Labute approximate surface area is 162 Å². The minimum absolute atomic E-state index is 0.201. The van der Waals surface area contributed by atoms with Crippen LogP contribution in [0.4, 0.5) is 5.82 Å². The van der Waals surface area contributed by atoms with Crippen LogP contribution in [0.15, 0.2) is 49.3 Å². The first-order valence-electron chi connectivity index (χ1n) is 8.33. The molecule has 12 nitrogen and oxygen atoms in total. The van der Waals surface area contributed by atoms with Gasteiger partial charge in [-0.1, -0.05) is 12.2 Å². The highest BCUT2D eigenvalue weighted by Crippen LogP contribution is 2.04. The molecule has 2 rings (SSSR count). The molecule has 0 saturated heterocycles. The molecule has 2 aromatic rings. The Balaban J connectivity index is 2.76. The maximum absolute atomic E-state index is 12.8. The number of carbonyl (C=O) groups is 1. The molecule has 154 valence electrons. The number of nitrogens with zero attached hydrogens (tertiary/aromatic N) is 5. The quantitative estimate of drug-likeness (QED) is 0.392. The number of hydrogen-bond donors (Lipinski definition) is 1. The molecule has 0 aliphatic heterocycles. The van der Waals surface area contributed by atoms with Crippen LogP contribution in [-0.2, 0) is 33.7 Å². The number of anilines is 1. The molecule has 12 heteroatoms. The van der Waals surface area contributed by atoms with Gasteiger partial charge in [0.1, 0.15) is 11.4 Å². The molecular formula is C17H20N6O6. The van der Waals surface area contributed by atoms with Crippen molar-refractivity contribution in [1.82, 2.24) is 22.8 Å². The maximum atomic E-state index is 12.8. The van der Waals surface area contributed by atoms with E-state index in [1.807, 2.05) is 0 Å². The molecule has 29 heavy (non-hydrogen) atoms. The van der Waals surface area contributed by atoms with Gasteiger partial charge in [-0.05, 0) is 0 Å². The Kier molecular flexibility index (Phi) is 5.86. The molecule has 0 aliphatic carbocycles. The molecule has 0 spiro atoms. The largest absolute Gasteiger partial charge is 0.384 e. The molecule has 2 heterocycles. The standard InChI is InChI=1S/C17H20N6O6/c1-5-7-21-15(27)22(8-6-2)17(29)23(16(21)28)9-10(24)11-12(18)19(3)14(26)20(4)13(11)25/h5-6H,1-2,7-9,18H2,3-4H3. The lowest BCUT2D eigenvalue weighted by atomic mass is 10.2. The summed E-state index contributed by atoms with van der Waals surface area (Å²) in [6.45, 7) is 5.64. The van der Waals surface area contributed by atoms with Crippen molar-refractivity contribution in [2.24, 2.45) is 14.1 Å². The van der Waals surface area contributed by atoms with Crippen LogP contribution in [0.5, 0.6) is 0 Å². The number of carbonyl (C=O) groups excluding carboxylic acids is 1. The minimum atomic E-state index is -1.05. The first-order chi connectivity index (χ1) is 13.6. The molecule has 0 aliphatic rings. The van der Waals surface area contributed by atoms with Gasteiger partial charge in [0.15, 0.2) is 5.78 Å². The monoisotopic (exact) mass is 404 g/mol. The zero-order valence-corrected chi connectivity index (χ0v) is 16.0. The fourth-order valence-corrected chi connectivity index (χ4v) is 2.73. The molecule has 2 N–H and O–H groups in total. The fourth-order valence-electron chi connectivity index (χ4n) is 2.73. The van der Waals surface area contributed by atoms with Crippen molar-refractivity contribution < 1.29 is 4.79 Å². The van der Waals surface area contributed by atoms with Crippen LogP contribution < -0.4 is 34.1 Å². The zero-order chi connectivity index (χ0) is 22.0. The van der Waals surface area contributed by atoms with Crippen molar-refractivity contribution in [3.05, 3.63) is 83.2 Å². The highest BCUT2D eigenvalue weighted by atomic mass is 16.2. The summed E-state index contributed by atoms with van der Waals surface area (Å²) in [7, 11) is 2.43. The Morgan fingerprint density at radius 2 is 1.28 bits per heavy atom. The third-order valence-corrected chi connectivity index (χ3v) is 4.30. The Hall–Kier alpha value is -3.96. The number of allylic oxidation sites excluding steroid dienone is 2. The van der Waals surface area contributed by atoms with Crippen molar-refractivity contribution in [2.75, 3.05) is 5.73 Å². The number of aromatic nitrogens is 5. The van der Waals surface area contributed by atoms with E-state index < -0.39 is 52.0 Å². The number of rotatable bonds is 7. The van der Waals surface area contributed by atoms with Crippen molar-refractivity contribution in [1.29, 1.82) is 0 Å². The molecule has 0 bridgehead atoms. The summed E-state index contributed by atoms with van der Waals surface area (Å²) in [5.74, 6) is -1.37. The van der Waals surface area contributed by atoms with Crippen molar-refractivity contribution >= 4 is 11.6 Å². The summed E-state index contributed by atoms with van der Waals surface area (Å²) in [4.78, 5) is 74.6. The van der Waals surface area contributed by atoms with Gasteiger partial charge in [0.05, 0.1) is 19.6 Å². The summed E-state index contributed by atoms with van der Waals surface area (Å²) >= 11 is 0. The van der Waals surface area contributed by atoms with E-state index in [2.05, 4.69) is 13.2 Å². The SMILES string of the molecule is C=CCn1c(=O)n(CC=C)c(=O)n(CC(=O)c2c(N)n(C)c(=O)n(C)c2=O)c1=O. The molecule has 2 aromatic heterocycles. The second-order valence-corrected chi connectivity index (χ2v) is 6.12. The van der Waals surface area contributed by atoms with Gasteiger partial charge in [-0.15, -0.1) is 13.2 Å². The van der Waals surface area contributed by atoms with E-state index in [0.29, 0.717) is 18.3 Å². The highest BCUT2D eigenvalue weighted by molar-refractivity contribution is 5.99. The molecule has 0 amide bonds. The third kappa shape index (κ3) is 3.47. The number of nitrogen functional groups attached to an aromatic ring is 1. The van der Waals surface area contributed by atoms with Crippen LogP contribution in [0.3, 0.4) is 0 Å². The molecule has 0 atom stereocenters. The molecule has 0 saturated carbocycles. The Morgan fingerprint density at radius 3 is 1.72 bits per heavy atom. The van der Waals surface area contributed by atoms with E-state index in [-0.39, 0.29) is 13.1 Å². The lowest BCUT2D eigenvalue weighted by molar-refractivity contribution is 0.0964. The van der Waals surface area contributed by atoms with Crippen LogP contribution in [-0.4, -0.2) is 28.6 Å². The van der Waals surface area contributed by atoms with Gasteiger partial charge in [0.2, 0.25) is 0 Å². The smallest absolute Gasteiger partial charge is 0.337 e. The molecule has 0 unspecified atom stereocenters. The summed E-state index contributed by atoms with van der Waals surface area (Å²) in [5.41, 5.74) is 0.508. The van der Waals surface area contributed by atoms with Crippen LogP contribution in [0.25, 0.3) is 0 Å². The third-order valence-electron chi connectivity index (χ3n) is 4.30. The van der Waals surface area contributed by atoms with Crippen molar-refractivity contribution in [2.45, 2.75) is 19.6 Å². The number of Topliss-reactive ketones (excluding diaryl/α,β-unsaturated/α-hetero) is 1. The molecule has 0 radical (unpaired) electrons. The fraction of sp³-hybridized carbons (Fsp3) is 0.294. The highest BCUT2D eigenvalue weighted by Gasteiger charge is 2.23. The number of hydrogen-bond acceptors (Lipinski definition) is 7. The van der Waals surface area contributed by atoms with E-state index in [9.17, 15) is 28.8 Å². The van der Waals surface area contributed by atoms with E-state index in [4.69, 9.17) is 5.73 Å². The van der Waals surface area contributed by atoms with Gasteiger partial charge >= 0.3 is 22.8 Å². The van der Waals surface area contributed by atoms with Crippen LogP contribution >= 0.6 is 0 Å². The predicted molar refractivity (Wildman–Crippen MR) is 105 cm³/mol. The number of nitrogens with two attached hydrogens (primary N) is 1. The van der Waals surface area contributed by atoms with Crippen molar-refractivity contribution in [3.63, 3.8) is 0 Å². The average Bonchev–Trinajstić information content (AvgIpc) is 2.69. The Morgan fingerprint density at radius 1 is 0.828 bits per heavy atom. The van der Waals surface area contributed by atoms with E-state index in [0.717, 1.165) is 11.6 Å². The van der Waals surface area contributed by atoms with Gasteiger partial charge in [-0.2, -0.15) is 0 Å². The maximum Gasteiger partial charge on any atom is 0.337 e. The number of ketones is 1. The summed E-state index contributed by atoms with van der Waals surface area (Å²) in [5, 5.41) is 0. The topological polar surface area (TPSA) is 153 Å². The molecular weight excluding hydrogens is 384 g/mol.